The second-order valence-electron chi connectivity index (χ2n) is 6.17. The first-order valence-corrected chi connectivity index (χ1v) is 7.91. The predicted octanol–water partition coefficient (Wildman–Crippen LogP) is 4.27. The van der Waals surface area contributed by atoms with Gasteiger partial charge in [0, 0.05) is 12.2 Å². The van der Waals surface area contributed by atoms with Crippen LogP contribution in [0.25, 0.3) is 0 Å². The summed E-state index contributed by atoms with van der Waals surface area (Å²) in [4.78, 5) is 4.56. The molecule has 1 aromatic rings. The van der Waals surface area contributed by atoms with E-state index in [1.54, 1.807) is 13.2 Å². The fourth-order valence-corrected chi connectivity index (χ4v) is 3.45. The van der Waals surface area contributed by atoms with Gasteiger partial charge >= 0.3 is 0 Å². The molecule has 4 nitrogen and oxygen atoms in total. The van der Waals surface area contributed by atoms with Crippen molar-refractivity contribution < 1.29 is 4.74 Å². The van der Waals surface area contributed by atoms with Crippen molar-refractivity contribution >= 4 is 47.2 Å². The fraction of sp³-hybridized carbons (Fsp3) is 0.562. The van der Waals surface area contributed by atoms with Crippen molar-refractivity contribution in [2.75, 3.05) is 19.0 Å². The predicted molar refractivity (Wildman–Crippen MR) is 103 cm³/mol. The summed E-state index contributed by atoms with van der Waals surface area (Å²) in [6.07, 6.45) is 6.70. The van der Waals surface area contributed by atoms with Gasteiger partial charge in [0.15, 0.2) is 5.96 Å². The van der Waals surface area contributed by atoms with Crippen LogP contribution in [-0.2, 0) is 0 Å². The maximum Gasteiger partial charge on any atom is 0.193 e. The molecule has 0 amide bonds. The van der Waals surface area contributed by atoms with E-state index < -0.39 is 0 Å². The Kier molecular flexibility index (Phi) is 5.82. The van der Waals surface area contributed by atoms with E-state index in [0.29, 0.717) is 22.1 Å². The van der Waals surface area contributed by atoms with Crippen molar-refractivity contribution in [3.05, 3.63) is 23.2 Å². The van der Waals surface area contributed by atoms with Gasteiger partial charge in [-0.25, -0.2) is 0 Å². The van der Waals surface area contributed by atoms with Crippen molar-refractivity contribution in [1.29, 1.82) is 0 Å². The van der Waals surface area contributed by atoms with E-state index in [-0.39, 0.29) is 24.0 Å². The Labute approximate surface area is 153 Å². The zero-order valence-electron chi connectivity index (χ0n) is 12.8. The van der Waals surface area contributed by atoms with Crippen molar-refractivity contribution in [3.8, 4) is 5.75 Å². The maximum absolute atomic E-state index is 6.10. The minimum Gasteiger partial charge on any atom is -0.495 e. The van der Waals surface area contributed by atoms with Crippen molar-refractivity contribution in [1.82, 2.24) is 0 Å². The van der Waals surface area contributed by atoms with E-state index in [0.717, 1.165) is 18.2 Å². The second-order valence-corrected chi connectivity index (χ2v) is 6.57. The largest absolute Gasteiger partial charge is 0.495 e. The molecule has 122 valence electrons. The van der Waals surface area contributed by atoms with Gasteiger partial charge in [0.05, 0.1) is 12.1 Å². The first-order valence-electron chi connectivity index (χ1n) is 7.53. The summed E-state index contributed by atoms with van der Waals surface area (Å²) in [7, 11) is 1.60. The highest BCUT2D eigenvalue weighted by Crippen LogP contribution is 2.57. The maximum atomic E-state index is 6.10. The van der Waals surface area contributed by atoms with Crippen LogP contribution < -0.4 is 15.8 Å². The number of nitrogens with two attached hydrogens (primary N) is 1. The molecule has 0 atom stereocenters. The number of methoxy groups -OCH3 is 1. The average Bonchev–Trinajstić information content (AvgIpc) is 3.22. The van der Waals surface area contributed by atoms with E-state index in [2.05, 4.69) is 10.3 Å². The van der Waals surface area contributed by atoms with Crippen LogP contribution in [0, 0.1) is 11.3 Å². The molecule has 2 aliphatic carbocycles. The highest BCUT2D eigenvalue weighted by Gasteiger charge is 2.48. The summed E-state index contributed by atoms with van der Waals surface area (Å²) in [6.45, 7) is 0.848. The average molecular weight is 436 g/mol. The third-order valence-corrected chi connectivity index (χ3v) is 5.08. The lowest BCUT2D eigenvalue weighted by molar-refractivity contribution is 0.113. The third kappa shape index (κ3) is 3.79. The van der Waals surface area contributed by atoms with E-state index in [9.17, 15) is 0 Å². The van der Waals surface area contributed by atoms with Crippen LogP contribution in [0.4, 0.5) is 5.69 Å². The van der Waals surface area contributed by atoms with E-state index in [4.69, 9.17) is 22.1 Å². The Bertz CT molecular complexity index is 556. The molecule has 3 N–H and O–H groups in total. The number of anilines is 1. The van der Waals surface area contributed by atoms with Gasteiger partial charge in [-0.05, 0) is 55.2 Å². The molecule has 0 aliphatic heterocycles. The van der Waals surface area contributed by atoms with Crippen molar-refractivity contribution in [2.45, 2.75) is 32.1 Å². The Balaban J connectivity index is 0.00000176. The lowest BCUT2D eigenvalue weighted by atomic mass is 9.65. The van der Waals surface area contributed by atoms with Crippen LogP contribution in [0.5, 0.6) is 5.75 Å². The normalized spacial score (nSPS) is 19.8. The molecule has 0 aromatic heterocycles. The monoisotopic (exact) mass is 435 g/mol. The molecule has 0 heterocycles. The van der Waals surface area contributed by atoms with Crippen LogP contribution >= 0.6 is 35.6 Å². The Morgan fingerprint density at radius 2 is 2.18 bits per heavy atom. The lowest BCUT2D eigenvalue weighted by Gasteiger charge is -2.41. The molecule has 1 aromatic carbocycles. The van der Waals surface area contributed by atoms with Crippen LogP contribution in [0.2, 0.25) is 5.02 Å². The SMILES string of the molecule is COc1ccc(NC(N)=NCC2(C3CC3)CCC2)cc1Cl.I. The summed E-state index contributed by atoms with van der Waals surface area (Å²) in [5.74, 6) is 2.00. The summed E-state index contributed by atoms with van der Waals surface area (Å²) >= 11 is 6.10. The molecule has 0 radical (unpaired) electrons. The van der Waals surface area contributed by atoms with Gasteiger partial charge in [-0.15, -0.1) is 24.0 Å². The quantitative estimate of drug-likeness (QED) is 0.412. The highest BCUT2D eigenvalue weighted by atomic mass is 127. The Morgan fingerprint density at radius 1 is 1.45 bits per heavy atom. The minimum absolute atomic E-state index is 0. The summed E-state index contributed by atoms with van der Waals surface area (Å²) in [6, 6.07) is 5.49. The molecule has 0 bridgehead atoms. The summed E-state index contributed by atoms with van der Waals surface area (Å²) in [5, 5.41) is 3.66. The second kappa shape index (κ2) is 7.25. The number of hydrogen-bond donors (Lipinski definition) is 2. The fourth-order valence-electron chi connectivity index (χ4n) is 3.20. The first kappa shape index (κ1) is 17.7. The number of hydrogen-bond acceptors (Lipinski definition) is 2. The summed E-state index contributed by atoms with van der Waals surface area (Å²) in [5.41, 5.74) is 7.28. The molecular formula is C16H23ClIN3O. The number of guanidine groups is 1. The number of nitrogens with one attached hydrogen (secondary N) is 1. The zero-order chi connectivity index (χ0) is 14.9. The van der Waals surface area contributed by atoms with E-state index in [1.807, 2.05) is 12.1 Å². The Hall–Kier alpha value is -0.690. The topological polar surface area (TPSA) is 59.6 Å². The van der Waals surface area contributed by atoms with Gasteiger partial charge in [-0.1, -0.05) is 18.0 Å². The minimum atomic E-state index is 0. The molecule has 22 heavy (non-hydrogen) atoms. The lowest BCUT2D eigenvalue weighted by Crippen LogP contribution is -2.36. The molecule has 2 fully saturated rings. The smallest absolute Gasteiger partial charge is 0.193 e. The molecule has 2 saturated carbocycles. The molecule has 0 spiro atoms. The standard InChI is InChI=1S/C16H22ClN3O.HI/c1-21-14-6-5-12(9-13(14)17)20-15(18)19-10-16(7-2-8-16)11-3-4-11;/h5-6,9,11H,2-4,7-8,10H2,1H3,(H3,18,19,20);1H. The van der Waals surface area contributed by atoms with E-state index >= 15 is 0 Å². The molecular weight excluding hydrogens is 413 g/mol. The van der Waals surface area contributed by atoms with Crippen LogP contribution in [-0.4, -0.2) is 19.6 Å². The van der Waals surface area contributed by atoms with Gasteiger partial charge in [-0.2, -0.15) is 0 Å². The van der Waals surface area contributed by atoms with Crippen LogP contribution in [0.1, 0.15) is 32.1 Å². The van der Waals surface area contributed by atoms with Crippen molar-refractivity contribution in [3.63, 3.8) is 0 Å². The number of ether oxygens (including phenoxy) is 1. The third-order valence-electron chi connectivity index (χ3n) is 4.78. The first-order chi connectivity index (χ1) is 10.1. The number of halogens is 2. The molecule has 3 rings (SSSR count). The van der Waals surface area contributed by atoms with Gasteiger partial charge in [0.1, 0.15) is 5.75 Å². The van der Waals surface area contributed by atoms with Gasteiger partial charge in [0.25, 0.3) is 0 Å². The van der Waals surface area contributed by atoms with E-state index in [1.165, 1.54) is 32.1 Å². The Morgan fingerprint density at radius 3 is 2.68 bits per heavy atom. The highest BCUT2D eigenvalue weighted by molar-refractivity contribution is 14.0. The number of nitrogens with zero attached hydrogens (tertiary/aromatic N) is 1. The molecule has 2 aliphatic rings. The molecule has 0 unspecified atom stereocenters. The molecule has 6 heteroatoms. The zero-order valence-corrected chi connectivity index (χ0v) is 15.9. The van der Waals surface area contributed by atoms with Crippen LogP contribution in [0.15, 0.2) is 23.2 Å². The van der Waals surface area contributed by atoms with Crippen molar-refractivity contribution in [2.24, 2.45) is 22.1 Å². The molecule has 0 saturated heterocycles. The van der Waals surface area contributed by atoms with Gasteiger partial charge in [0.2, 0.25) is 0 Å². The van der Waals surface area contributed by atoms with Gasteiger partial charge in [-0.3, -0.25) is 4.99 Å². The van der Waals surface area contributed by atoms with Gasteiger partial charge < -0.3 is 15.8 Å². The van der Waals surface area contributed by atoms with Crippen LogP contribution in [0.3, 0.4) is 0 Å². The number of rotatable bonds is 5. The number of benzene rings is 1. The number of aliphatic imine (C=N–C) groups is 1. The summed E-state index contributed by atoms with van der Waals surface area (Å²) < 4.78 is 5.13.